The van der Waals surface area contributed by atoms with Crippen molar-refractivity contribution in [3.8, 4) is 5.69 Å². The average molecular weight is 272 g/mol. The van der Waals surface area contributed by atoms with Crippen LogP contribution >= 0.6 is 0 Å². The molecule has 1 aliphatic rings. The van der Waals surface area contributed by atoms with Crippen molar-refractivity contribution < 1.29 is 4.79 Å². The summed E-state index contributed by atoms with van der Waals surface area (Å²) in [7, 11) is 0. The second-order valence-electron chi connectivity index (χ2n) is 4.89. The van der Waals surface area contributed by atoms with Crippen molar-refractivity contribution in [1.29, 1.82) is 0 Å². The van der Waals surface area contributed by atoms with Gasteiger partial charge in [0.15, 0.2) is 5.82 Å². The third-order valence-corrected chi connectivity index (χ3v) is 3.13. The fraction of sp³-hybridized carbons (Fsp3) is 0.385. The van der Waals surface area contributed by atoms with Gasteiger partial charge in [-0.3, -0.25) is 4.79 Å². The molecule has 1 aliphatic carbocycles. The van der Waals surface area contributed by atoms with E-state index in [1.54, 1.807) is 4.68 Å². The highest BCUT2D eigenvalue weighted by Gasteiger charge is 2.21. The fourth-order valence-electron chi connectivity index (χ4n) is 1.92. The maximum absolute atomic E-state index is 11.8. The lowest BCUT2D eigenvalue weighted by Crippen LogP contribution is -2.29. The van der Waals surface area contributed by atoms with Gasteiger partial charge in [-0.05, 0) is 48.4 Å². The lowest BCUT2D eigenvalue weighted by Gasteiger charge is -2.08. The number of hydrogen-bond acceptors (Lipinski definition) is 5. The first kappa shape index (κ1) is 12.7. The van der Waals surface area contributed by atoms with Gasteiger partial charge >= 0.3 is 0 Å². The Morgan fingerprint density at radius 1 is 1.45 bits per heavy atom. The smallest absolute Gasteiger partial charge is 0.238 e. The van der Waals surface area contributed by atoms with Crippen molar-refractivity contribution in [1.82, 2.24) is 25.5 Å². The Bertz CT molecular complexity index is 619. The van der Waals surface area contributed by atoms with Gasteiger partial charge in [-0.25, -0.2) is 0 Å². The van der Waals surface area contributed by atoms with Crippen LogP contribution in [0.25, 0.3) is 5.69 Å². The summed E-state index contributed by atoms with van der Waals surface area (Å²) >= 11 is 0. The van der Waals surface area contributed by atoms with Gasteiger partial charge in [0, 0.05) is 11.7 Å². The van der Waals surface area contributed by atoms with E-state index in [0.717, 1.165) is 11.4 Å². The fourth-order valence-corrected chi connectivity index (χ4v) is 1.92. The molecule has 1 aromatic carbocycles. The topological polar surface area (TPSA) is 84.7 Å². The van der Waals surface area contributed by atoms with Gasteiger partial charge in [0.05, 0.1) is 12.2 Å². The van der Waals surface area contributed by atoms with Crippen LogP contribution in [-0.2, 0) is 4.79 Å². The maximum atomic E-state index is 11.8. The van der Waals surface area contributed by atoms with Gasteiger partial charge in [0.2, 0.25) is 5.91 Å². The van der Waals surface area contributed by atoms with E-state index in [1.807, 2.05) is 31.2 Å². The number of aromatic nitrogens is 4. The lowest BCUT2D eigenvalue weighted by atomic mass is 10.2. The number of anilines is 1. The van der Waals surface area contributed by atoms with E-state index in [0.29, 0.717) is 18.4 Å². The Kier molecular flexibility index (Phi) is 3.42. The summed E-state index contributed by atoms with van der Waals surface area (Å²) in [5.41, 5.74) is 1.56. The van der Waals surface area contributed by atoms with Crippen molar-refractivity contribution in [2.24, 2.45) is 0 Å². The van der Waals surface area contributed by atoms with Crippen molar-refractivity contribution in [2.75, 3.05) is 11.9 Å². The summed E-state index contributed by atoms with van der Waals surface area (Å²) in [6.07, 6.45) is 2.34. The van der Waals surface area contributed by atoms with E-state index >= 15 is 0 Å². The minimum atomic E-state index is -0.0394. The Hall–Kier alpha value is -2.28. The molecule has 0 atom stereocenters. The zero-order valence-corrected chi connectivity index (χ0v) is 11.2. The molecule has 0 bridgehead atoms. The van der Waals surface area contributed by atoms with Crippen LogP contribution in [0.1, 0.15) is 18.7 Å². The van der Waals surface area contributed by atoms with Crippen LogP contribution in [0.15, 0.2) is 24.3 Å². The van der Waals surface area contributed by atoms with E-state index < -0.39 is 0 Å². The molecule has 0 spiro atoms. The number of carbonyl (C=O) groups is 1. The molecule has 104 valence electrons. The Labute approximate surface area is 116 Å². The summed E-state index contributed by atoms with van der Waals surface area (Å²) in [6.45, 7) is 2.17. The minimum Gasteiger partial charge on any atom is -0.325 e. The molecule has 0 aliphatic heterocycles. The first-order chi connectivity index (χ1) is 9.72. The number of amides is 1. The molecule has 1 fully saturated rings. The van der Waals surface area contributed by atoms with Crippen LogP contribution in [0.3, 0.4) is 0 Å². The SMILES string of the molecule is Cc1nnnn1-c1cccc(NC(=O)CNC2CC2)c1. The van der Waals surface area contributed by atoms with E-state index in [4.69, 9.17) is 0 Å². The zero-order valence-electron chi connectivity index (χ0n) is 11.2. The molecule has 7 nitrogen and oxygen atoms in total. The van der Waals surface area contributed by atoms with Crippen molar-refractivity contribution >= 4 is 11.6 Å². The Morgan fingerprint density at radius 2 is 2.30 bits per heavy atom. The number of aryl methyl sites for hydroxylation is 1. The summed E-state index contributed by atoms with van der Waals surface area (Å²) in [5.74, 6) is 0.659. The number of nitrogens with zero attached hydrogens (tertiary/aromatic N) is 4. The second kappa shape index (κ2) is 5.38. The molecule has 0 saturated heterocycles. The van der Waals surface area contributed by atoms with E-state index in [2.05, 4.69) is 26.2 Å². The van der Waals surface area contributed by atoms with Gasteiger partial charge in [-0.2, -0.15) is 4.68 Å². The predicted molar refractivity (Wildman–Crippen MR) is 73.5 cm³/mol. The van der Waals surface area contributed by atoms with Gasteiger partial charge in [0.25, 0.3) is 0 Å². The number of rotatable bonds is 5. The van der Waals surface area contributed by atoms with Gasteiger partial charge in [-0.1, -0.05) is 6.07 Å². The molecule has 7 heteroatoms. The minimum absolute atomic E-state index is 0.0394. The largest absolute Gasteiger partial charge is 0.325 e. The molecule has 20 heavy (non-hydrogen) atoms. The highest BCUT2D eigenvalue weighted by atomic mass is 16.1. The molecule has 2 aromatic rings. The van der Waals surface area contributed by atoms with E-state index in [-0.39, 0.29) is 5.91 Å². The first-order valence-corrected chi connectivity index (χ1v) is 6.61. The lowest BCUT2D eigenvalue weighted by molar-refractivity contribution is -0.115. The molecule has 0 unspecified atom stereocenters. The van der Waals surface area contributed by atoms with Crippen LogP contribution in [0, 0.1) is 6.92 Å². The Morgan fingerprint density at radius 3 is 3.00 bits per heavy atom. The molecule has 2 N–H and O–H groups in total. The number of nitrogens with one attached hydrogen (secondary N) is 2. The van der Waals surface area contributed by atoms with Crippen LogP contribution in [-0.4, -0.2) is 38.7 Å². The standard InChI is InChI=1S/C13H16N6O/c1-9-16-17-18-19(9)12-4-2-3-11(7-12)15-13(20)8-14-10-5-6-10/h2-4,7,10,14H,5-6,8H2,1H3,(H,15,20). The monoisotopic (exact) mass is 272 g/mol. The third-order valence-electron chi connectivity index (χ3n) is 3.13. The maximum Gasteiger partial charge on any atom is 0.238 e. The first-order valence-electron chi connectivity index (χ1n) is 6.61. The third kappa shape index (κ3) is 3.00. The number of carbonyl (C=O) groups excluding carboxylic acids is 1. The van der Waals surface area contributed by atoms with Crippen molar-refractivity contribution in [3.63, 3.8) is 0 Å². The molecular formula is C13H16N6O. The van der Waals surface area contributed by atoms with Crippen molar-refractivity contribution in [3.05, 3.63) is 30.1 Å². The molecule has 1 heterocycles. The van der Waals surface area contributed by atoms with Crippen LogP contribution < -0.4 is 10.6 Å². The van der Waals surface area contributed by atoms with Gasteiger partial charge in [-0.15, -0.1) is 5.10 Å². The van der Waals surface area contributed by atoms with Crippen LogP contribution in [0.4, 0.5) is 5.69 Å². The predicted octanol–water partition coefficient (Wildman–Crippen LogP) is 0.661. The summed E-state index contributed by atoms with van der Waals surface area (Å²) in [6, 6.07) is 7.97. The van der Waals surface area contributed by atoms with Crippen LogP contribution in [0.2, 0.25) is 0 Å². The van der Waals surface area contributed by atoms with Crippen LogP contribution in [0.5, 0.6) is 0 Å². The number of benzene rings is 1. The quantitative estimate of drug-likeness (QED) is 0.835. The number of hydrogen-bond donors (Lipinski definition) is 2. The highest BCUT2D eigenvalue weighted by molar-refractivity contribution is 5.92. The molecule has 1 amide bonds. The molecule has 0 radical (unpaired) electrons. The number of tetrazole rings is 1. The average Bonchev–Trinajstić information content (AvgIpc) is 3.17. The molecule has 1 aromatic heterocycles. The van der Waals surface area contributed by atoms with E-state index in [1.165, 1.54) is 12.8 Å². The second-order valence-corrected chi connectivity index (χ2v) is 4.89. The molecule has 1 saturated carbocycles. The normalized spacial score (nSPS) is 14.2. The van der Waals surface area contributed by atoms with E-state index in [9.17, 15) is 4.79 Å². The molecule has 3 rings (SSSR count). The summed E-state index contributed by atoms with van der Waals surface area (Å²) in [4.78, 5) is 11.8. The summed E-state index contributed by atoms with van der Waals surface area (Å²) < 4.78 is 1.62. The van der Waals surface area contributed by atoms with Gasteiger partial charge in [0.1, 0.15) is 0 Å². The van der Waals surface area contributed by atoms with Crippen molar-refractivity contribution in [2.45, 2.75) is 25.8 Å². The highest BCUT2D eigenvalue weighted by Crippen LogP contribution is 2.18. The Balaban J connectivity index is 1.67. The van der Waals surface area contributed by atoms with Gasteiger partial charge < -0.3 is 10.6 Å². The molecular weight excluding hydrogens is 256 g/mol. The zero-order chi connectivity index (χ0) is 13.9. The summed E-state index contributed by atoms with van der Waals surface area (Å²) in [5, 5.41) is 17.4.